The first kappa shape index (κ1) is 21.0. The number of methoxy groups -OCH3 is 1. The van der Waals surface area contributed by atoms with Gasteiger partial charge in [0.25, 0.3) is 11.8 Å². The standard InChI is InChI=1S/C21H25N3O4S/c1-28-13-4-11-22-19(25)17-5-2-12-24(17)21(27)15-7-9-16(10-8-15)23-20(26)18-6-3-14-29-18/h3,6-10,14,17H,2,4-5,11-13H2,1H3,(H,22,25)(H,23,26)/t17-/m0/s1. The number of likely N-dealkylation sites (tertiary alicyclic amines) is 1. The van der Waals surface area contributed by atoms with Gasteiger partial charge in [0.15, 0.2) is 0 Å². The second-order valence-electron chi connectivity index (χ2n) is 6.80. The van der Waals surface area contributed by atoms with Gasteiger partial charge >= 0.3 is 0 Å². The van der Waals surface area contributed by atoms with Gasteiger partial charge in [-0.25, -0.2) is 0 Å². The fourth-order valence-electron chi connectivity index (χ4n) is 3.29. The van der Waals surface area contributed by atoms with Gasteiger partial charge in [0.05, 0.1) is 4.88 Å². The molecular formula is C21H25N3O4S. The summed E-state index contributed by atoms with van der Waals surface area (Å²) in [5.41, 5.74) is 1.12. The number of amides is 3. The summed E-state index contributed by atoms with van der Waals surface area (Å²) in [6, 6.07) is 9.90. The maximum atomic E-state index is 12.9. The van der Waals surface area contributed by atoms with E-state index in [-0.39, 0.29) is 17.7 Å². The summed E-state index contributed by atoms with van der Waals surface area (Å²) in [7, 11) is 1.62. The molecule has 3 amide bonds. The summed E-state index contributed by atoms with van der Waals surface area (Å²) in [5.74, 6) is -0.466. The van der Waals surface area contributed by atoms with Gasteiger partial charge in [0, 0.05) is 38.1 Å². The van der Waals surface area contributed by atoms with E-state index in [9.17, 15) is 14.4 Å². The fraction of sp³-hybridized carbons (Fsp3) is 0.381. The van der Waals surface area contributed by atoms with Gasteiger partial charge in [0.2, 0.25) is 5.91 Å². The zero-order chi connectivity index (χ0) is 20.6. The Kier molecular flexibility index (Phi) is 7.37. The third-order valence-electron chi connectivity index (χ3n) is 4.78. The normalized spacial score (nSPS) is 15.9. The van der Waals surface area contributed by atoms with Gasteiger partial charge in [-0.15, -0.1) is 11.3 Å². The first-order valence-corrected chi connectivity index (χ1v) is 10.5. The van der Waals surface area contributed by atoms with Crippen molar-refractivity contribution in [3.8, 4) is 0 Å². The average molecular weight is 416 g/mol. The van der Waals surface area contributed by atoms with Crippen molar-refractivity contribution in [2.75, 3.05) is 32.1 Å². The lowest BCUT2D eigenvalue weighted by Crippen LogP contribution is -2.46. The molecule has 29 heavy (non-hydrogen) atoms. The number of anilines is 1. The second kappa shape index (κ2) is 10.2. The zero-order valence-electron chi connectivity index (χ0n) is 16.3. The summed E-state index contributed by atoms with van der Waals surface area (Å²) >= 11 is 1.37. The summed E-state index contributed by atoms with van der Waals surface area (Å²) in [6.07, 6.45) is 2.20. The summed E-state index contributed by atoms with van der Waals surface area (Å²) in [5, 5.41) is 7.54. The highest BCUT2D eigenvalue weighted by atomic mass is 32.1. The van der Waals surface area contributed by atoms with Crippen molar-refractivity contribution < 1.29 is 19.1 Å². The summed E-state index contributed by atoms with van der Waals surface area (Å²) in [6.45, 7) is 1.68. The minimum Gasteiger partial charge on any atom is -0.385 e. The van der Waals surface area contributed by atoms with Crippen LogP contribution >= 0.6 is 11.3 Å². The van der Waals surface area contributed by atoms with Crippen molar-refractivity contribution in [3.63, 3.8) is 0 Å². The van der Waals surface area contributed by atoms with Crippen LogP contribution in [0.4, 0.5) is 5.69 Å². The molecule has 0 bridgehead atoms. The zero-order valence-corrected chi connectivity index (χ0v) is 17.2. The van der Waals surface area contributed by atoms with Gasteiger partial charge in [-0.3, -0.25) is 14.4 Å². The van der Waals surface area contributed by atoms with E-state index in [0.29, 0.717) is 42.2 Å². The Morgan fingerprint density at radius 2 is 2.00 bits per heavy atom. The van der Waals surface area contributed by atoms with Crippen LogP contribution in [-0.2, 0) is 9.53 Å². The van der Waals surface area contributed by atoms with Crippen LogP contribution in [0.5, 0.6) is 0 Å². The number of nitrogens with zero attached hydrogens (tertiary/aromatic N) is 1. The number of benzene rings is 1. The Morgan fingerprint density at radius 1 is 1.21 bits per heavy atom. The van der Waals surface area contributed by atoms with Crippen molar-refractivity contribution in [1.29, 1.82) is 0 Å². The largest absolute Gasteiger partial charge is 0.385 e. The molecule has 154 valence electrons. The molecule has 7 nitrogen and oxygen atoms in total. The van der Waals surface area contributed by atoms with Gasteiger partial charge < -0.3 is 20.3 Å². The van der Waals surface area contributed by atoms with Crippen molar-refractivity contribution in [1.82, 2.24) is 10.2 Å². The fourth-order valence-corrected chi connectivity index (χ4v) is 3.91. The molecule has 0 unspecified atom stereocenters. The minimum absolute atomic E-state index is 0.119. The number of carbonyl (C=O) groups is 3. The molecule has 1 aromatic carbocycles. The predicted octanol–water partition coefficient (Wildman–Crippen LogP) is 2.76. The van der Waals surface area contributed by atoms with E-state index in [4.69, 9.17) is 4.74 Å². The van der Waals surface area contributed by atoms with Gasteiger partial charge in [-0.2, -0.15) is 0 Å². The highest BCUT2D eigenvalue weighted by molar-refractivity contribution is 7.12. The van der Waals surface area contributed by atoms with Crippen molar-refractivity contribution in [3.05, 3.63) is 52.2 Å². The molecule has 1 saturated heterocycles. The number of hydrogen-bond donors (Lipinski definition) is 2. The predicted molar refractivity (Wildman–Crippen MR) is 112 cm³/mol. The number of carbonyl (C=O) groups excluding carboxylic acids is 3. The molecule has 3 rings (SSSR count). The molecule has 1 aliphatic rings. The van der Waals surface area contributed by atoms with Gasteiger partial charge in [0.1, 0.15) is 6.04 Å². The lowest BCUT2D eigenvalue weighted by Gasteiger charge is -2.24. The van der Waals surface area contributed by atoms with E-state index >= 15 is 0 Å². The van der Waals surface area contributed by atoms with Crippen molar-refractivity contribution >= 4 is 34.7 Å². The Balaban J connectivity index is 1.58. The molecule has 2 heterocycles. The number of ether oxygens (including phenoxy) is 1. The van der Waals surface area contributed by atoms with Crippen LogP contribution in [0, 0.1) is 0 Å². The SMILES string of the molecule is COCCCNC(=O)[C@@H]1CCCN1C(=O)c1ccc(NC(=O)c2cccs2)cc1. The average Bonchev–Trinajstić information content (AvgIpc) is 3.43. The van der Waals surface area contributed by atoms with Crippen molar-refractivity contribution in [2.24, 2.45) is 0 Å². The van der Waals surface area contributed by atoms with E-state index in [1.807, 2.05) is 11.4 Å². The Bertz CT molecular complexity index is 836. The quantitative estimate of drug-likeness (QED) is 0.649. The van der Waals surface area contributed by atoms with Crippen LogP contribution in [0.3, 0.4) is 0 Å². The monoisotopic (exact) mass is 415 g/mol. The molecule has 1 atom stereocenters. The van der Waals surface area contributed by atoms with E-state index in [1.165, 1.54) is 11.3 Å². The maximum absolute atomic E-state index is 12.9. The van der Waals surface area contributed by atoms with Crippen LogP contribution in [0.2, 0.25) is 0 Å². The van der Waals surface area contributed by atoms with E-state index in [0.717, 1.165) is 12.8 Å². The van der Waals surface area contributed by atoms with E-state index < -0.39 is 6.04 Å². The maximum Gasteiger partial charge on any atom is 0.265 e. The number of hydrogen-bond acceptors (Lipinski definition) is 5. The smallest absolute Gasteiger partial charge is 0.265 e. The lowest BCUT2D eigenvalue weighted by molar-refractivity contribution is -0.124. The Morgan fingerprint density at radius 3 is 2.69 bits per heavy atom. The van der Waals surface area contributed by atoms with Crippen LogP contribution in [0.1, 0.15) is 39.3 Å². The Labute approximate surface area is 174 Å². The summed E-state index contributed by atoms with van der Waals surface area (Å²) < 4.78 is 4.98. The molecule has 0 aliphatic carbocycles. The van der Waals surface area contributed by atoms with Crippen LogP contribution in [0.25, 0.3) is 0 Å². The molecule has 0 saturated carbocycles. The third kappa shape index (κ3) is 5.42. The molecule has 1 fully saturated rings. The number of thiophene rings is 1. The molecule has 2 aromatic rings. The third-order valence-corrected chi connectivity index (χ3v) is 5.64. The Hall–Kier alpha value is -2.71. The number of rotatable bonds is 8. The van der Waals surface area contributed by atoms with E-state index in [1.54, 1.807) is 42.3 Å². The number of nitrogens with one attached hydrogen (secondary N) is 2. The molecule has 1 aromatic heterocycles. The van der Waals surface area contributed by atoms with Crippen LogP contribution < -0.4 is 10.6 Å². The highest BCUT2D eigenvalue weighted by Gasteiger charge is 2.34. The molecule has 1 aliphatic heterocycles. The first-order valence-electron chi connectivity index (χ1n) is 9.62. The topological polar surface area (TPSA) is 87.7 Å². The lowest BCUT2D eigenvalue weighted by atomic mass is 10.1. The molecule has 0 radical (unpaired) electrons. The second-order valence-corrected chi connectivity index (χ2v) is 7.75. The van der Waals surface area contributed by atoms with Gasteiger partial charge in [-0.05, 0) is 55.0 Å². The van der Waals surface area contributed by atoms with E-state index in [2.05, 4.69) is 10.6 Å². The van der Waals surface area contributed by atoms with Crippen LogP contribution in [0.15, 0.2) is 41.8 Å². The van der Waals surface area contributed by atoms with Crippen LogP contribution in [-0.4, -0.2) is 55.5 Å². The van der Waals surface area contributed by atoms with Gasteiger partial charge in [-0.1, -0.05) is 6.07 Å². The molecule has 0 spiro atoms. The van der Waals surface area contributed by atoms with Crippen molar-refractivity contribution in [2.45, 2.75) is 25.3 Å². The molecule has 2 N–H and O–H groups in total. The summed E-state index contributed by atoms with van der Waals surface area (Å²) in [4.78, 5) is 39.7. The minimum atomic E-state index is -0.441. The molecular weight excluding hydrogens is 390 g/mol. The highest BCUT2D eigenvalue weighted by Crippen LogP contribution is 2.21. The first-order chi connectivity index (χ1) is 14.1. The molecule has 8 heteroatoms.